The van der Waals surface area contributed by atoms with Gasteiger partial charge in [0.2, 0.25) is 5.91 Å². The van der Waals surface area contributed by atoms with E-state index < -0.39 is 0 Å². The summed E-state index contributed by atoms with van der Waals surface area (Å²) in [5.74, 6) is -0.0778. The molecular formula is C15H14Br2N2O. The van der Waals surface area contributed by atoms with Crippen LogP contribution in [-0.4, -0.2) is 11.9 Å². The molecule has 0 saturated carbocycles. The molecule has 0 aliphatic heterocycles. The molecule has 0 spiro atoms. The van der Waals surface area contributed by atoms with Gasteiger partial charge in [-0.3, -0.25) is 4.79 Å². The molecule has 1 unspecified atom stereocenters. The summed E-state index contributed by atoms with van der Waals surface area (Å²) < 4.78 is 1.89. The first-order valence-electron chi connectivity index (χ1n) is 6.14. The first-order valence-corrected chi connectivity index (χ1v) is 7.72. The molecule has 20 heavy (non-hydrogen) atoms. The van der Waals surface area contributed by atoms with Crippen molar-refractivity contribution in [1.29, 1.82) is 0 Å². The lowest BCUT2D eigenvalue weighted by Gasteiger charge is -2.16. The van der Waals surface area contributed by atoms with E-state index in [2.05, 4.69) is 42.5 Å². The van der Waals surface area contributed by atoms with Crippen LogP contribution in [0.1, 0.15) is 6.92 Å². The summed E-state index contributed by atoms with van der Waals surface area (Å²) >= 11 is 6.87. The van der Waals surface area contributed by atoms with E-state index in [9.17, 15) is 4.79 Å². The molecule has 2 aromatic rings. The second kappa shape index (κ2) is 6.90. The van der Waals surface area contributed by atoms with Gasteiger partial charge in [-0.1, -0.05) is 34.1 Å². The van der Waals surface area contributed by atoms with Crippen LogP contribution in [0.25, 0.3) is 0 Å². The fourth-order valence-electron chi connectivity index (χ4n) is 1.68. The monoisotopic (exact) mass is 396 g/mol. The molecule has 2 aromatic carbocycles. The number of nitrogens with one attached hydrogen (secondary N) is 2. The minimum Gasteiger partial charge on any atom is -0.373 e. The number of rotatable bonds is 4. The maximum absolute atomic E-state index is 12.1. The van der Waals surface area contributed by atoms with Gasteiger partial charge in [0, 0.05) is 20.3 Å². The lowest BCUT2D eigenvalue weighted by atomic mass is 10.2. The molecule has 1 atom stereocenters. The van der Waals surface area contributed by atoms with Crippen molar-refractivity contribution in [1.82, 2.24) is 0 Å². The molecule has 5 heteroatoms. The average molecular weight is 398 g/mol. The molecule has 3 nitrogen and oxygen atoms in total. The maximum atomic E-state index is 12.1. The van der Waals surface area contributed by atoms with Gasteiger partial charge in [-0.15, -0.1) is 0 Å². The van der Waals surface area contributed by atoms with Crippen LogP contribution < -0.4 is 10.6 Å². The Morgan fingerprint density at radius 1 is 1.10 bits per heavy atom. The molecule has 2 rings (SSSR count). The third-order valence-corrected chi connectivity index (χ3v) is 3.89. The Morgan fingerprint density at radius 3 is 2.45 bits per heavy atom. The van der Waals surface area contributed by atoms with Crippen LogP contribution in [-0.2, 0) is 4.79 Å². The summed E-state index contributed by atoms with van der Waals surface area (Å²) in [5.41, 5.74) is 1.67. The molecule has 0 saturated heterocycles. The van der Waals surface area contributed by atoms with Gasteiger partial charge in [0.1, 0.15) is 6.04 Å². The molecule has 0 heterocycles. The highest BCUT2D eigenvalue weighted by molar-refractivity contribution is 9.11. The van der Waals surface area contributed by atoms with E-state index in [0.29, 0.717) is 0 Å². The highest BCUT2D eigenvalue weighted by Crippen LogP contribution is 2.26. The van der Waals surface area contributed by atoms with Crippen molar-refractivity contribution in [3.8, 4) is 0 Å². The van der Waals surface area contributed by atoms with E-state index in [-0.39, 0.29) is 11.9 Å². The predicted molar refractivity (Wildman–Crippen MR) is 90.0 cm³/mol. The van der Waals surface area contributed by atoms with E-state index in [0.717, 1.165) is 20.3 Å². The lowest BCUT2D eigenvalue weighted by Crippen LogP contribution is -2.31. The lowest BCUT2D eigenvalue weighted by molar-refractivity contribution is -0.116. The molecule has 1 amide bonds. The van der Waals surface area contributed by atoms with E-state index in [4.69, 9.17) is 0 Å². The zero-order chi connectivity index (χ0) is 14.5. The molecular weight excluding hydrogens is 384 g/mol. The standard InChI is InChI=1S/C15H14Br2N2O/c1-10(15(20)19-12-5-3-2-4-6-12)18-14-8-7-11(16)9-13(14)17/h2-10,18H,1H3,(H,19,20). The molecule has 0 aliphatic carbocycles. The van der Waals surface area contributed by atoms with Crippen LogP contribution in [0.3, 0.4) is 0 Å². The molecule has 2 N–H and O–H groups in total. The number of benzene rings is 2. The van der Waals surface area contributed by atoms with Crippen LogP contribution in [0.5, 0.6) is 0 Å². The first kappa shape index (κ1) is 15.1. The van der Waals surface area contributed by atoms with Crippen LogP contribution in [0.2, 0.25) is 0 Å². The number of hydrogen-bond acceptors (Lipinski definition) is 2. The first-order chi connectivity index (χ1) is 9.56. The van der Waals surface area contributed by atoms with Crippen molar-refractivity contribution in [2.45, 2.75) is 13.0 Å². The number of para-hydroxylation sites is 1. The van der Waals surface area contributed by atoms with E-state index in [1.807, 2.05) is 55.5 Å². The molecule has 0 aromatic heterocycles. The SMILES string of the molecule is CC(Nc1ccc(Br)cc1Br)C(=O)Nc1ccccc1. The van der Waals surface area contributed by atoms with Gasteiger partial charge in [-0.05, 0) is 53.2 Å². The van der Waals surface area contributed by atoms with E-state index in [1.165, 1.54) is 0 Å². The molecule has 104 valence electrons. The number of carbonyl (C=O) groups is 1. The second-order valence-corrected chi connectivity index (χ2v) is 6.12. The Hall–Kier alpha value is -1.33. The molecule has 0 radical (unpaired) electrons. The molecule has 0 fully saturated rings. The van der Waals surface area contributed by atoms with Gasteiger partial charge in [-0.25, -0.2) is 0 Å². The molecule has 0 aliphatic rings. The van der Waals surface area contributed by atoms with Crippen molar-refractivity contribution >= 4 is 49.1 Å². The van der Waals surface area contributed by atoms with Gasteiger partial charge in [-0.2, -0.15) is 0 Å². The number of carbonyl (C=O) groups excluding carboxylic acids is 1. The van der Waals surface area contributed by atoms with Crippen molar-refractivity contribution in [2.75, 3.05) is 10.6 Å². The Kier molecular flexibility index (Phi) is 5.20. The minimum absolute atomic E-state index is 0.0778. The summed E-state index contributed by atoms with van der Waals surface area (Å²) in [5, 5.41) is 6.04. The number of hydrogen-bond donors (Lipinski definition) is 2. The summed E-state index contributed by atoms with van der Waals surface area (Å²) in [6.07, 6.45) is 0. The van der Waals surface area contributed by atoms with Crippen molar-refractivity contribution < 1.29 is 4.79 Å². The Bertz CT molecular complexity index is 602. The van der Waals surface area contributed by atoms with Crippen LogP contribution >= 0.6 is 31.9 Å². The van der Waals surface area contributed by atoms with Crippen LogP contribution in [0.15, 0.2) is 57.5 Å². The summed E-state index contributed by atoms with van der Waals surface area (Å²) in [6, 6.07) is 14.8. The van der Waals surface area contributed by atoms with Gasteiger partial charge in [0.05, 0.1) is 0 Å². The Labute approximate surface area is 135 Å². The van der Waals surface area contributed by atoms with Crippen LogP contribution in [0.4, 0.5) is 11.4 Å². The second-order valence-electron chi connectivity index (χ2n) is 4.35. The zero-order valence-electron chi connectivity index (χ0n) is 10.9. The van der Waals surface area contributed by atoms with Gasteiger partial charge in [0.25, 0.3) is 0 Å². The number of amides is 1. The summed E-state index contributed by atoms with van der Waals surface area (Å²) in [4.78, 5) is 12.1. The largest absolute Gasteiger partial charge is 0.373 e. The van der Waals surface area contributed by atoms with Gasteiger partial charge in [0.15, 0.2) is 0 Å². The Morgan fingerprint density at radius 2 is 1.80 bits per heavy atom. The predicted octanol–water partition coefficient (Wildman–Crippen LogP) is 4.65. The highest BCUT2D eigenvalue weighted by Gasteiger charge is 2.13. The number of halogens is 2. The fourth-order valence-corrected chi connectivity index (χ4v) is 2.84. The van der Waals surface area contributed by atoms with E-state index in [1.54, 1.807) is 0 Å². The highest BCUT2D eigenvalue weighted by atomic mass is 79.9. The third-order valence-electron chi connectivity index (χ3n) is 2.74. The normalized spacial score (nSPS) is 11.8. The zero-order valence-corrected chi connectivity index (χ0v) is 14.0. The minimum atomic E-state index is -0.340. The topological polar surface area (TPSA) is 41.1 Å². The van der Waals surface area contributed by atoms with Crippen molar-refractivity contribution in [2.24, 2.45) is 0 Å². The maximum Gasteiger partial charge on any atom is 0.246 e. The van der Waals surface area contributed by atoms with Crippen molar-refractivity contribution in [3.63, 3.8) is 0 Å². The number of anilines is 2. The quantitative estimate of drug-likeness (QED) is 0.788. The van der Waals surface area contributed by atoms with Gasteiger partial charge >= 0.3 is 0 Å². The van der Waals surface area contributed by atoms with Crippen molar-refractivity contribution in [3.05, 3.63) is 57.5 Å². The average Bonchev–Trinajstić information content (AvgIpc) is 2.43. The fraction of sp³-hybridized carbons (Fsp3) is 0.133. The summed E-state index contributed by atoms with van der Waals surface area (Å²) in [6.45, 7) is 1.83. The van der Waals surface area contributed by atoms with Gasteiger partial charge < -0.3 is 10.6 Å². The van der Waals surface area contributed by atoms with E-state index >= 15 is 0 Å². The summed E-state index contributed by atoms with van der Waals surface area (Å²) in [7, 11) is 0. The smallest absolute Gasteiger partial charge is 0.246 e. The third kappa shape index (κ3) is 4.08. The van der Waals surface area contributed by atoms with Crippen LogP contribution in [0, 0.1) is 0 Å². The Balaban J connectivity index is 2.00. The molecule has 0 bridgehead atoms.